The summed E-state index contributed by atoms with van der Waals surface area (Å²) >= 11 is 6.15. The van der Waals surface area contributed by atoms with Crippen LogP contribution in [0.2, 0.25) is 5.02 Å². The molecule has 1 saturated carbocycles. The summed E-state index contributed by atoms with van der Waals surface area (Å²) < 4.78 is 11.7. The monoisotopic (exact) mass is 360 g/mol. The van der Waals surface area contributed by atoms with Crippen LogP contribution in [0, 0.1) is 0 Å². The van der Waals surface area contributed by atoms with Gasteiger partial charge < -0.3 is 14.6 Å². The maximum absolute atomic E-state index is 11.1. The van der Waals surface area contributed by atoms with Crippen molar-refractivity contribution < 1.29 is 19.4 Å². The molecule has 0 amide bonds. The van der Waals surface area contributed by atoms with Gasteiger partial charge in [0.05, 0.1) is 12.7 Å². The SMILES string of the molecule is C[C@H](Oc1ccc(Cl)cc1C1CCC1OCc1ccccc1)C(=O)O. The van der Waals surface area contributed by atoms with Gasteiger partial charge in [-0.05, 0) is 43.5 Å². The second kappa shape index (κ2) is 7.89. The second-order valence-corrected chi connectivity index (χ2v) is 6.74. The molecule has 2 unspecified atom stereocenters. The third kappa shape index (κ3) is 4.33. The molecule has 1 fully saturated rings. The zero-order valence-electron chi connectivity index (χ0n) is 14.0. The lowest BCUT2D eigenvalue weighted by atomic mass is 9.76. The van der Waals surface area contributed by atoms with Gasteiger partial charge in [0, 0.05) is 16.5 Å². The Kier molecular flexibility index (Phi) is 5.61. The van der Waals surface area contributed by atoms with E-state index in [4.69, 9.17) is 26.2 Å². The van der Waals surface area contributed by atoms with Crippen molar-refractivity contribution in [3.63, 3.8) is 0 Å². The van der Waals surface area contributed by atoms with Gasteiger partial charge in [0.2, 0.25) is 0 Å². The molecule has 0 aromatic heterocycles. The van der Waals surface area contributed by atoms with Crippen LogP contribution >= 0.6 is 11.6 Å². The van der Waals surface area contributed by atoms with Crippen molar-refractivity contribution in [1.29, 1.82) is 0 Å². The van der Waals surface area contributed by atoms with Crippen LogP contribution in [0.3, 0.4) is 0 Å². The Morgan fingerprint density at radius 1 is 1.24 bits per heavy atom. The molecule has 0 heterocycles. The Labute approximate surface area is 152 Å². The van der Waals surface area contributed by atoms with Gasteiger partial charge in [-0.25, -0.2) is 4.79 Å². The van der Waals surface area contributed by atoms with Gasteiger partial charge in [-0.15, -0.1) is 0 Å². The van der Waals surface area contributed by atoms with Crippen LogP contribution in [0.5, 0.6) is 5.75 Å². The van der Waals surface area contributed by atoms with Gasteiger partial charge in [-0.1, -0.05) is 41.9 Å². The quantitative estimate of drug-likeness (QED) is 0.780. The summed E-state index contributed by atoms with van der Waals surface area (Å²) in [5.74, 6) is -0.262. The lowest BCUT2D eigenvalue weighted by Gasteiger charge is -2.37. The molecule has 0 saturated heterocycles. The smallest absolute Gasteiger partial charge is 0.344 e. The summed E-state index contributed by atoms with van der Waals surface area (Å²) in [6.45, 7) is 2.08. The number of carboxylic acid groups (broad SMARTS) is 1. The first kappa shape index (κ1) is 17.8. The highest BCUT2D eigenvalue weighted by Gasteiger charge is 2.35. The van der Waals surface area contributed by atoms with Gasteiger partial charge in [0.1, 0.15) is 5.75 Å². The van der Waals surface area contributed by atoms with Gasteiger partial charge in [-0.2, -0.15) is 0 Å². The molecule has 1 aliphatic rings. The van der Waals surface area contributed by atoms with Crippen LogP contribution in [-0.2, 0) is 16.1 Å². The van der Waals surface area contributed by atoms with Crippen molar-refractivity contribution in [2.75, 3.05) is 0 Å². The van der Waals surface area contributed by atoms with Crippen molar-refractivity contribution in [3.05, 3.63) is 64.7 Å². The number of benzene rings is 2. The number of aliphatic carboxylic acids is 1. The number of hydrogen-bond acceptors (Lipinski definition) is 3. The van der Waals surface area contributed by atoms with Crippen molar-refractivity contribution in [3.8, 4) is 5.75 Å². The molecule has 1 aliphatic carbocycles. The van der Waals surface area contributed by atoms with E-state index in [1.54, 1.807) is 12.1 Å². The molecule has 2 aromatic rings. The van der Waals surface area contributed by atoms with E-state index in [-0.39, 0.29) is 12.0 Å². The van der Waals surface area contributed by atoms with Gasteiger partial charge >= 0.3 is 5.97 Å². The molecule has 132 valence electrons. The van der Waals surface area contributed by atoms with E-state index in [0.717, 1.165) is 24.0 Å². The highest BCUT2D eigenvalue weighted by Crippen LogP contribution is 2.44. The van der Waals surface area contributed by atoms with Crippen LogP contribution in [0.1, 0.15) is 36.8 Å². The number of carbonyl (C=O) groups is 1. The molecule has 5 heteroatoms. The number of halogens is 1. The molecule has 0 bridgehead atoms. The molecule has 3 atom stereocenters. The molecule has 2 aromatic carbocycles. The first-order valence-corrected chi connectivity index (χ1v) is 8.77. The van der Waals surface area contributed by atoms with E-state index in [2.05, 4.69) is 0 Å². The highest BCUT2D eigenvalue weighted by molar-refractivity contribution is 6.30. The van der Waals surface area contributed by atoms with Crippen LogP contribution < -0.4 is 4.74 Å². The highest BCUT2D eigenvalue weighted by atomic mass is 35.5. The predicted octanol–water partition coefficient (Wildman–Crippen LogP) is 4.65. The molecular formula is C20H21ClO4. The summed E-state index contributed by atoms with van der Waals surface area (Å²) in [4.78, 5) is 11.1. The molecule has 0 radical (unpaired) electrons. The topological polar surface area (TPSA) is 55.8 Å². The van der Waals surface area contributed by atoms with Crippen LogP contribution in [0.4, 0.5) is 0 Å². The maximum Gasteiger partial charge on any atom is 0.344 e. The second-order valence-electron chi connectivity index (χ2n) is 6.30. The average molecular weight is 361 g/mol. The summed E-state index contributed by atoms with van der Waals surface area (Å²) in [6.07, 6.45) is 1.11. The maximum atomic E-state index is 11.1. The van der Waals surface area contributed by atoms with E-state index in [1.165, 1.54) is 6.92 Å². The summed E-state index contributed by atoms with van der Waals surface area (Å²) in [5, 5.41) is 9.70. The lowest BCUT2D eigenvalue weighted by molar-refractivity contribution is -0.144. The van der Waals surface area contributed by atoms with E-state index in [1.807, 2.05) is 36.4 Å². The van der Waals surface area contributed by atoms with Crippen LogP contribution in [-0.4, -0.2) is 23.3 Å². The Bertz CT molecular complexity index is 732. The van der Waals surface area contributed by atoms with E-state index in [0.29, 0.717) is 17.4 Å². The van der Waals surface area contributed by atoms with Crippen molar-refractivity contribution in [2.45, 2.75) is 44.5 Å². The number of ether oxygens (including phenoxy) is 2. The fourth-order valence-electron chi connectivity index (χ4n) is 2.96. The lowest BCUT2D eigenvalue weighted by Crippen LogP contribution is -2.33. The Hall–Kier alpha value is -2.04. The van der Waals surface area contributed by atoms with E-state index >= 15 is 0 Å². The third-order valence-corrected chi connectivity index (χ3v) is 4.78. The van der Waals surface area contributed by atoms with E-state index < -0.39 is 12.1 Å². The fraction of sp³-hybridized carbons (Fsp3) is 0.350. The van der Waals surface area contributed by atoms with Crippen LogP contribution in [0.25, 0.3) is 0 Å². The Balaban J connectivity index is 1.72. The summed E-state index contributed by atoms with van der Waals surface area (Å²) in [7, 11) is 0. The molecule has 25 heavy (non-hydrogen) atoms. The average Bonchev–Trinajstić information content (AvgIpc) is 2.57. The van der Waals surface area contributed by atoms with Gasteiger partial charge in [0.15, 0.2) is 6.10 Å². The molecule has 0 aliphatic heterocycles. The van der Waals surface area contributed by atoms with Crippen molar-refractivity contribution >= 4 is 17.6 Å². The van der Waals surface area contributed by atoms with Crippen molar-refractivity contribution in [1.82, 2.24) is 0 Å². The van der Waals surface area contributed by atoms with Gasteiger partial charge in [0.25, 0.3) is 0 Å². The summed E-state index contributed by atoms with van der Waals surface area (Å²) in [5.41, 5.74) is 2.06. The minimum Gasteiger partial charge on any atom is -0.479 e. The molecule has 1 N–H and O–H groups in total. The molecule has 3 rings (SSSR count). The third-order valence-electron chi connectivity index (χ3n) is 4.54. The Morgan fingerprint density at radius 3 is 2.64 bits per heavy atom. The summed E-state index contributed by atoms with van der Waals surface area (Å²) in [6, 6.07) is 15.4. The zero-order chi connectivity index (χ0) is 17.8. The molecule has 4 nitrogen and oxygen atoms in total. The standard InChI is InChI=1S/C20H21ClO4/c1-13(20(22)23)25-19-9-7-15(21)11-17(19)16-8-10-18(16)24-12-14-5-3-2-4-6-14/h2-7,9,11,13,16,18H,8,10,12H2,1H3,(H,22,23)/t13-,16?,18?/m0/s1. The number of carboxylic acids is 1. The largest absolute Gasteiger partial charge is 0.479 e. The zero-order valence-corrected chi connectivity index (χ0v) is 14.8. The molecule has 0 spiro atoms. The first-order chi connectivity index (χ1) is 12.0. The van der Waals surface area contributed by atoms with Crippen LogP contribution in [0.15, 0.2) is 48.5 Å². The van der Waals surface area contributed by atoms with Gasteiger partial charge in [-0.3, -0.25) is 0 Å². The van der Waals surface area contributed by atoms with Crippen molar-refractivity contribution in [2.24, 2.45) is 0 Å². The minimum atomic E-state index is -0.994. The number of rotatable bonds is 7. The first-order valence-electron chi connectivity index (χ1n) is 8.39. The normalized spacial score (nSPS) is 20.6. The minimum absolute atomic E-state index is 0.0844. The predicted molar refractivity (Wildman–Crippen MR) is 96.2 cm³/mol. The Morgan fingerprint density at radius 2 is 2.00 bits per heavy atom. The molecular weight excluding hydrogens is 340 g/mol. The van der Waals surface area contributed by atoms with E-state index in [9.17, 15) is 4.79 Å². The fourth-order valence-corrected chi connectivity index (χ4v) is 3.14. The number of hydrogen-bond donors (Lipinski definition) is 1.